The third kappa shape index (κ3) is 2.56. The molecule has 0 atom stereocenters. The number of carbonyl (C=O) groups is 1. The molecule has 3 aromatic rings. The van der Waals surface area contributed by atoms with Crippen molar-refractivity contribution >= 4 is 39.8 Å². The van der Waals surface area contributed by atoms with Crippen LogP contribution in [-0.4, -0.2) is 10.9 Å². The summed E-state index contributed by atoms with van der Waals surface area (Å²) in [6.45, 7) is 2.05. The molecule has 1 aliphatic rings. The van der Waals surface area contributed by atoms with E-state index in [2.05, 4.69) is 30.1 Å². The molecule has 2 aromatic heterocycles. The summed E-state index contributed by atoms with van der Waals surface area (Å²) in [7, 11) is 0. The van der Waals surface area contributed by atoms with Gasteiger partial charge in [0.1, 0.15) is 11.6 Å². The van der Waals surface area contributed by atoms with Gasteiger partial charge in [-0.2, -0.15) is 5.26 Å². The van der Waals surface area contributed by atoms with Gasteiger partial charge >= 0.3 is 0 Å². The predicted molar refractivity (Wildman–Crippen MR) is 105 cm³/mol. The van der Waals surface area contributed by atoms with Crippen molar-refractivity contribution in [3.05, 3.63) is 68.6 Å². The number of para-hydroxylation sites is 1. The molecule has 1 aliphatic carbocycles. The number of thiophene rings is 1. The number of nitrogens with one attached hydrogen (secondary N) is 1. The second-order valence-corrected chi connectivity index (χ2v) is 7.37. The fourth-order valence-electron chi connectivity index (χ4n) is 3.65. The van der Waals surface area contributed by atoms with E-state index in [1.807, 2.05) is 29.6 Å². The van der Waals surface area contributed by atoms with Crippen LogP contribution < -0.4 is 5.73 Å². The number of hydrogen-bond donors (Lipinski definition) is 2. The summed E-state index contributed by atoms with van der Waals surface area (Å²) in [5.41, 5.74) is 11.3. The molecule has 1 amide bonds. The van der Waals surface area contributed by atoms with Crippen LogP contribution in [0.5, 0.6) is 0 Å². The van der Waals surface area contributed by atoms with Gasteiger partial charge in [-0.1, -0.05) is 24.3 Å². The molecule has 0 aliphatic heterocycles. The Kier molecular flexibility index (Phi) is 3.98. The zero-order valence-electron chi connectivity index (χ0n) is 14.3. The van der Waals surface area contributed by atoms with E-state index < -0.39 is 5.91 Å². The molecule has 0 unspecified atom stereocenters. The Morgan fingerprint density at radius 1 is 1.31 bits per heavy atom. The van der Waals surface area contributed by atoms with Crippen molar-refractivity contribution in [2.45, 2.75) is 19.8 Å². The van der Waals surface area contributed by atoms with Crippen LogP contribution in [0.2, 0.25) is 0 Å². The lowest BCUT2D eigenvalue weighted by Crippen LogP contribution is -2.17. The van der Waals surface area contributed by atoms with Crippen LogP contribution >= 0.6 is 11.3 Å². The molecule has 4 rings (SSSR count). The average molecular weight is 359 g/mol. The van der Waals surface area contributed by atoms with Crippen LogP contribution in [0.1, 0.15) is 28.1 Å². The molecular formula is C21H17N3OS. The van der Waals surface area contributed by atoms with Crippen LogP contribution in [0.25, 0.3) is 22.6 Å². The molecule has 5 heteroatoms. The number of nitriles is 1. The predicted octanol–water partition coefficient (Wildman–Crippen LogP) is 4.33. The number of aromatic nitrogens is 1. The minimum absolute atomic E-state index is 0.0120. The minimum Gasteiger partial charge on any atom is -0.365 e. The number of rotatable bonds is 2. The number of aryl methyl sites for hydroxylation is 2. The summed E-state index contributed by atoms with van der Waals surface area (Å²) in [6.07, 6.45) is 3.68. The highest BCUT2D eigenvalue weighted by Crippen LogP contribution is 2.41. The van der Waals surface area contributed by atoms with Crippen molar-refractivity contribution in [1.29, 1.82) is 5.26 Å². The number of hydrogen-bond acceptors (Lipinski definition) is 3. The van der Waals surface area contributed by atoms with E-state index in [1.54, 1.807) is 11.3 Å². The highest BCUT2D eigenvalue weighted by atomic mass is 32.1. The van der Waals surface area contributed by atoms with E-state index in [0.29, 0.717) is 5.57 Å². The average Bonchev–Trinajstić information content (AvgIpc) is 3.25. The van der Waals surface area contributed by atoms with Crippen molar-refractivity contribution in [3.8, 4) is 6.07 Å². The van der Waals surface area contributed by atoms with Crippen LogP contribution in [0.15, 0.2) is 46.9 Å². The number of allylic oxidation sites excluding steroid dienone is 2. The highest BCUT2D eigenvalue weighted by molar-refractivity contribution is 7.10. The lowest BCUT2D eigenvalue weighted by Gasteiger charge is -2.20. The Hall–Kier alpha value is -3.10. The number of carbonyl (C=O) groups excluding carboxylic acids is 1. The molecule has 3 N–H and O–H groups in total. The largest absolute Gasteiger partial charge is 0.365 e. The Morgan fingerprint density at radius 2 is 2.15 bits per heavy atom. The SMILES string of the molecule is Cc1cccc2c3c([nH]c12)C(=C(/C#N)C(N)=O)/C(=C/c1cccs1)CC3. The number of nitrogens with zero attached hydrogens (tertiary/aromatic N) is 1. The lowest BCUT2D eigenvalue weighted by molar-refractivity contribution is -0.114. The minimum atomic E-state index is -0.692. The van der Waals surface area contributed by atoms with E-state index in [-0.39, 0.29) is 5.57 Å². The molecule has 0 radical (unpaired) electrons. The second-order valence-electron chi connectivity index (χ2n) is 6.39. The van der Waals surface area contributed by atoms with Gasteiger partial charge in [-0.05, 0) is 54.0 Å². The van der Waals surface area contributed by atoms with Gasteiger partial charge < -0.3 is 10.7 Å². The molecule has 2 heterocycles. The fourth-order valence-corrected chi connectivity index (χ4v) is 4.33. The van der Waals surface area contributed by atoms with Gasteiger partial charge in [-0.15, -0.1) is 11.3 Å². The van der Waals surface area contributed by atoms with E-state index in [9.17, 15) is 10.1 Å². The summed E-state index contributed by atoms with van der Waals surface area (Å²) < 4.78 is 0. The van der Waals surface area contributed by atoms with Gasteiger partial charge in [-0.25, -0.2) is 0 Å². The first-order valence-corrected chi connectivity index (χ1v) is 9.27. The third-order valence-electron chi connectivity index (χ3n) is 4.83. The highest BCUT2D eigenvalue weighted by Gasteiger charge is 2.28. The van der Waals surface area contributed by atoms with E-state index in [4.69, 9.17) is 5.73 Å². The molecule has 26 heavy (non-hydrogen) atoms. The van der Waals surface area contributed by atoms with Crippen molar-refractivity contribution in [1.82, 2.24) is 4.98 Å². The summed E-state index contributed by atoms with van der Waals surface area (Å²) in [5.74, 6) is -0.692. The Morgan fingerprint density at radius 3 is 2.85 bits per heavy atom. The molecule has 128 valence electrons. The van der Waals surface area contributed by atoms with Crippen molar-refractivity contribution in [2.75, 3.05) is 0 Å². The maximum Gasteiger partial charge on any atom is 0.260 e. The third-order valence-corrected chi connectivity index (χ3v) is 5.65. The Labute approximate surface area is 155 Å². The van der Waals surface area contributed by atoms with E-state index in [1.165, 1.54) is 0 Å². The van der Waals surface area contributed by atoms with Gasteiger partial charge in [0.25, 0.3) is 5.91 Å². The topological polar surface area (TPSA) is 82.7 Å². The van der Waals surface area contributed by atoms with Gasteiger partial charge in [0.05, 0.1) is 5.69 Å². The quantitative estimate of drug-likeness (QED) is 0.527. The summed E-state index contributed by atoms with van der Waals surface area (Å²) >= 11 is 1.63. The van der Waals surface area contributed by atoms with Crippen LogP contribution in [0, 0.1) is 18.3 Å². The first kappa shape index (κ1) is 16.4. The molecule has 0 spiro atoms. The monoisotopic (exact) mass is 359 g/mol. The van der Waals surface area contributed by atoms with Crippen LogP contribution in [0.3, 0.4) is 0 Å². The zero-order chi connectivity index (χ0) is 18.3. The number of fused-ring (bicyclic) bond motifs is 3. The molecule has 0 fully saturated rings. The smallest absolute Gasteiger partial charge is 0.260 e. The summed E-state index contributed by atoms with van der Waals surface area (Å²) in [6, 6.07) is 12.2. The number of primary amides is 1. The van der Waals surface area contributed by atoms with Gasteiger partial charge in [-0.3, -0.25) is 4.79 Å². The molecule has 4 nitrogen and oxygen atoms in total. The number of benzene rings is 1. The lowest BCUT2D eigenvalue weighted by atomic mass is 9.84. The standard InChI is InChI=1S/C21H17N3OS/c1-12-4-2-6-15-16-8-7-13(10-14-5-3-9-26-14)18(17(11-22)21(23)25)20(16)24-19(12)15/h2-6,9-10,24H,7-8H2,1H3,(H2,23,25)/b13-10+,18-17-. The molecular weight excluding hydrogens is 342 g/mol. The van der Waals surface area contributed by atoms with Crippen molar-refractivity contribution < 1.29 is 4.79 Å². The number of H-pyrrole nitrogens is 1. The summed E-state index contributed by atoms with van der Waals surface area (Å²) in [5, 5.41) is 12.8. The summed E-state index contributed by atoms with van der Waals surface area (Å²) in [4.78, 5) is 16.5. The maximum absolute atomic E-state index is 12.0. The molecule has 0 saturated carbocycles. The van der Waals surface area contributed by atoms with Crippen molar-refractivity contribution in [3.63, 3.8) is 0 Å². The van der Waals surface area contributed by atoms with Crippen LogP contribution in [-0.2, 0) is 11.2 Å². The van der Waals surface area contributed by atoms with E-state index in [0.717, 1.165) is 51.0 Å². The van der Waals surface area contributed by atoms with Gasteiger partial charge in [0.15, 0.2) is 0 Å². The van der Waals surface area contributed by atoms with Crippen LogP contribution in [0.4, 0.5) is 0 Å². The maximum atomic E-state index is 12.0. The number of amides is 1. The van der Waals surface area contributed by atoms with E-state index >= 15 is 0 Å². The fraction of sp³-hybridized carbons (Fsp3) is 0.143. The Balaban J connectivity index is 2.04. The second kappa shape index (κ2) is 6.32. The Bertz CT molecular complexity index is 1120. The number of nitrogens with two attached hydrogens (primary N) is 1. The first-order valence-electron chi connectivity index (χ1n) is 8.39. The van der Waals surface area contributed by atoms with Gasteiger partial charge in [0.2, 0.25) is 0 Å². The molecule has 0 saturated heterocycles. The first-order chi connectivity index (χ1) is 12.6. The molecule has 1 aromatic carbocycles. The van der Waals surface area contributed by atoms with Gasteiger partial charge in [0, 0.05) is 21.4 Å². The normalized spacial score (nSPS) is 17.2. The molecule has 0 bridgehead atoms. The zero-order valence-corrected chi connectivity index (χ0v) is 15.1. The number of aromatic amines is 1. The van der Waals surface area contributed by atoms with Crippen molar-refractivity contribution in [2.24, 2.45) is 5.73 Å².